The molecule has 2 fully saturated rings. The van der Waals surface area contributed by atoms with Gasteiger partial charge in [-0.3, -0.25) is 4.90 Å². The van der Waals surface area contributed by atoms with Crippen molar-refractivity contribution in [3.8, 4) is 0 Å². The largest absolute Gasteiger partial charge is 0.330 e. The van der Waals surface area contributed by atoms with Crippen LogP contribution in [0.15, 0.2) is 0 Å². The van der Waals surface area contributed by atoms with Gasteiger partial charge in [0.25, 0.3) is 0 Å². The zero-order valence-electron chi connectivity index (χ0n) is 8.24. The minimum Gasteiger partial charge on any atom is -0.330 e. The van der Waals surface area contributed by atoms with E-state index in [2.05, 4.69) is 16.7 Å². The maximum atomic E-state index is 5.56. The van der Waals surface area contributed by atoms with Crippen molar-refractivity contribution in [3.63, 3.8) is 0 Å². The lowest BCUT2D eigenvalue weighted by atomic mass is 10.2. The van der Waals surface area contributed by atoms with Gasteiger partial charge in [-0.15, -0.1) is 0 Å². The lowest BCUT2D eigenvalue weighted by molar-refractivity contribution is 0.201. The Labute approximate surface area is 85.2 Å². The van der Waals surface area contributed by atoms with Crippen LogP contribution in [0.1, 0.15) is 25.7 Å². The van der Waals surface area contributed by atoms with Crippen LogP contribution < -0.4 is 5.73 Å². The van der Waals surface area contributed by atoms with E-state index in [1.807, 2.05) is 0 Å². The fraction of sp³-hybridized carbons (Fsp3) is 1.00. The topological polar surface area (TPSA) is 29.3 Å². The van der Waals surface area contributed by atoms with Crippen LogP contribution in [-0.2, 0) is 0 Å². The minimum atomic E-state index is 0.850. The van der Waals surface area contributed by atoms with E-state index in [1.165, 1.54) is 43.7 Å². The maximum Gasteiger partial charge on any atom is 0.0197 e. The molecular formula is C10H20N2S. The van der Waals surface area contributed by atoms with Crippen LogP contribution in [0, 0.1) is 0 Å². The number of hydrogen-bond donors (Lipinski definition) is 1. The molecule has 2 nitrogen and oxygen atoms in total. The highest BCUT2D eigenvalue weighted by Crippen LogP contribution is 2.33. The van der Waals surface area contributed by atoms with Crippen LogP contribution >= 0.6 is 11.8 Å². The molecule has 76 valence electrons. The van der Waals surface area contributed by atoms with Gasteiger partial charge in [0.1, 0.15) is 0 Å². The molecule has 2 aliphatic rings. The van der Waals surface area contributed by atoms with Gasteiger partial charge in [0.05, 0.1) is 0 Å². The van der Waals surface area contributed by atoms with Crippen LogP contribution in [0.3, 0.4) is 0 Å². The summed E-state index contributed by atoms with van der Waals surface area (Å²) in [7, 11) is 0. The molecule has 1 heterocycles. The molecule has 1 saturated heterocycles. The van der Waals surface area contributed by atoms with Crippen molar-refractivity contribution < 1.29 is 0 Å². The predicted octanol–water partition coefficient (Wildman–Crippen LogP) is 1.31. The summed E-state index contributed by atoms with van der Waals surface area (Å²) in [5.41, 5.74) is 5.56. The van der Waals surface area contributed by atoms with Gasteiger partial charge in [0.2, 0.25) is 0 Å². The maximum absolute atomic E-state index is 5.56. The quantitative estimate of drug-likeness (QED) is 0.725. The van der Waals surface area contributed by atoms with Crippen molar-refractivity contribution in [3.05, 3.63) is 0 Å². The standard InChI is InChI=1S/C10H20N2S/c11-5-1-6-12(9-2-3-9)10-4-7-13-8-10/h9-10H,1-8,11H2/t10-/m0/s1. The smallest absolute Gasteiger partial charge is 0.0197 e. The Morgan fingerprint density at radius 2 is 2.08 bits per heavy atom. The molecule has 1 atom stereocenters. The Bertz CT molecular complexity index is 153. The summed E-state index contributed by atoms with van der Waals surface area (Å²) in [5.74, 6) is 2.73. The summed E-state index contributed by atoms with van der Waals surface area (Å²) in [5, 5.41) is 0. The van der Waals surface area contributed by atoms with Gasteiger partial charge < -0.3 is 5.73 Å². The second-order valence-corrected chi connectivity index (χ2v) is 5.28. The average molecular weight is 200 g/mol. The molecule has 1 saturated carbocycles. The van der Waals surface area contributed by atoms with E-state index >= 15 is 0 Å². The van der Waals surface area contributed by atoms with Crippen LogP contribution in [0.2, 0.25) is 0 Å². The third-order valence-electron chi connectivity index (χ3n) is 3.01. The molecule has 0 aromatic carbocycles. The van der Waals surface area contributed by atoms with Crippen LogP contribution in [0.25, 0.3) is 0 Å². The van der Waals surface area contributed by atoms with Crippen molar-refractivity contribution in [1.29, 1.82) is 0 Å². The zero-order valence-corrected chi connectivity index (χ0v) is 9.06. The molecule has 0 spiro atoms. The highest BCUT2D eigenvalue weighted by atomic mass is 32.2. The first kappa shape index (κ1) is 9.81. The van der Waals surface area contributed by atoms with Crippen molar-refractivity contribution in [2.45, 2.75) is 37.8 Å². The number of hydrogen-bond acceptors (Lipinski definition) is 3. The van der Waals surface area contributed by atoms with Crippen molar-refractivity contribution in [2.75, 3.05) is 24.6 Å². The van der Waals surface area contributed by atoms with Crippen LogP contribution in [0.5, 0.6) is 0 Å². The average Bonchev–Trinajstić information content (AvgIpc) is 2.82. The molecule has 0 aromatic heterocycles. The molecule has 1 aliphatic carbocycles. The third-order valence-corrected chi connectivity index (χ3v) is 4.16. The molecule has 0 amide bonds. The monoisotopic (exact) mass is 200 g/mol. The Morgan fingerprint density at radius 3 is 2.62 bits per heavy atom. The molecule has 0 unspecified atom stereocenters. The number of nitrogens with zero attached hydrogens (tertiary/aromatic N) is 1. The van der Waals surface area contributed by atoms with Gasteiger partial charge in [-0.05, 0) is 44.5 Å². The van der Waals surface area contributed by atoms with Crippen LogP contribution in [0.4, 0.5) is 0 Å². The van der Waals surface area contributed by atoms with E-state index < -0.39 is 0 Å². The van der Waals surface area contributed by atoms with Gasteiger partial charge in [0.15, 0.2) is 0 Å². The summed E-state index contributed by atoms with van der Waals surface area (Å²) in [6.07, 6.45) is 5.46. The number of rotatable bonds is 5. The van der Waals surface area contributed by atoms with E-state index in [9.17, 15) is 0 Å². The molecule has 13 heavy (non-hydrogen) atoms. The summed E-state index contributed by atoms with van der Waals surface area (Å²) < 4.78 is 0. The number of nitrogens with two attached hydrogens (primary N) is 1. The highest BCUT2D eigenvalue weighted by Gasteiger charge is 2.34. The van der Waals surface area contributed by atoms with E-state index in [0.29, 0.717) is 0 Å². The predicted molar refractivity (Wildman–Crippen MR) is 59.1 cm³/mol. The minimum absolute atomic E-state index is 0.850. The fourth-order valence-corrected chi connectivity index (χ4v) is 3.36. The normalized spacial score (nSPS) is 28.6. The van der Waals surface area contributed by atoms with Gasteiger partial charge >= 0.3 is 0 Å². The molecule has 2 N–H and O–H groups in total. The lowest BCUT2D eigenvalue weighted by Gasteiger charge is -2.28. The first-order valence-corrected chi connectivity index (χ1v) is 6.61. The van der Waals surface area contributed by atoms with Crippen molar-refractivity contribution in [2.24, 2.45) is 5.73 Å². The van der Waals surface area contributed by atoms with Crippen molar-refractivity contribution >= 4 is 11.8 Å². The summed E-state index contributed by atoms with van der Waals surface area (Å²) in [4.78, 5) is 2.73. The third kappa shape index (κ3) is 2.61. The Kier molecular flexibility index (Phi) is 3.52. The molecule has 3 heteroatoms. The van der Waals surface area contributed by atoms with Gasteiger partial charge in [-0.1, -0.05) is 0 Å². The molecule has 0 bridgehead atoms. The fourth-order valence-electron chi connectivity index (χ4n) is 2.13. The molecule has 0 radical (unpaired) electrons. The molecular weight excluding hydrogens is 180 g/mol. The second kappa shape index (κ2) is 4.67. The Hall–Kier alpha value is 0.270. The zero-order chi connectivity index (χ0) is 9.10. The van der Waals surface area contributed by atoms with E-state index in [4.69, 9.17) is 5.73 Å². The van der Waals surface area contributed by atoms with Gasteiger partial charge in [0, 0.05) is 17.8 Å². The highest BCUT2D eigenvalue weighted by molar-refractivity contribution is 7.99. The molecule has 0 aromatic rings. The summed E-state index contributed by atoms with van der Waals surface area (Å²) in [6.45, 7) is 2.09. The molecule has 1 aliphatic heterocycles. The summed E-state index contributed by atoms with van der Waals surface area (Å²) in [6, 6.07) is 1.80. The van der Waals surface area contributed by atoms with Gasteiger partial charge in [-0.25, -0.2) is 0 Å². The first-order valence-electron chi connectivity index (χ1n) is 5.45. The van der Waals surface area contributed by atoms with E-state index in [1.54, 1.807) is 0 Å². The second-order valence-electron chi connectivity index (χ2n) is 4.13. The Balaban J connectivity index is 1.80. The van der Waals surface area contributed by atoms with Crippen molar-refractivity contribution in [1.82, 2.24) is 4.90 Å². The first-order chi connectivity index (χ1) is 6.42. The van der Waals surface area contributed by atoms with E-state index in [0.717, 1.165) is 18.6 Å². The Morgan fingerprint density at radius 1 is 1.23 bits per heavy atom. The summed E-state index contributed by atoms with van der Waals surface area (Å²) >= 11 is 2.12. The number of thioether (sulfide) groups is 1. The van der Waals surface area contributed by atoms with E-state index in [-0.39, 0.29) is 0 Å². The lowest BCUT2D eigenvalue weighted by Crippen LogP contribution is -2.38. The molecule has 2 rings (SSSR count). The SMILES string of the molecule is NCCCN(C1CC1)[C@H]1CCSC1. The van der Waals surface area contributed by atoms with Crippen LogP contribution in [-0.4, -0.2) is 41.6 Å². The van der Waals surface area contributed by atoms with Gasteiger partial charge in [-0.2, -0.15) is 11.8 Å².